The zero-order valence-corrected chi connectivity index (χ0v) is 13.9. The van der Waals surface area contributed by atoms with Crippen molar-refractivity contribution in [3.05, 3.63) is 0 Å². The van der Waals surface area contributed by atoms with E-state index in [1.165, 1.54) is 25.7 Å². The number of unbranched alkanes of at least 4 members (excludes halogenated alkanes) is 2. The lowest BCUT2D eigenvalue weighted by atomic mass is 9.98. The lowest BCUT2D eigenvalue weighted by Gasteiger charge is -2.42. The third-order valence-electron chi connectivity index (χ3n) is 4.28. The minimum Gasteiger partial charge on any atom is -0.339 e. The molecule has 0 saturated carbocycles. The highest BCUT2D eigenvalue weighted by Gasteiger charge is 2.37. The Morgan fingerprint density at radius 3 is 2.05 bits per heavy atom. The zero-order chi connectivity index (χ0) is 15.0. The SMILES string of the molecule is CCCCN(CCCC)C(C)(C)C(=O)N1CCNCC1. The van der Waals surface area contributed by atoms with Gasteiger partial charge in [-0.3, -0.25) is 9.69 Å². The van der Waals surface area contributed by atoms with Gasteiger partial charge in [0.2, 0.25) is 5.91 Å². The number of carbonyl (C=O) groups excluding carboxylic acids is 1. The van der Waals surface area contributed by atoms with Gasteiger partial charge in [-0.15, -0.1) is 0 Å². The lowest BCUT2D eigenvalue weighted by Crippen LogP contribution is -2.59. The van der Waals surface area contributed by atoms with E-state index in [-0.39, 0.29) is 5.54 Å². The minimum absolute atomic E-state index is 0.297. The highest BCUT2D eigenvalue weighted by atomic mass is 16.2. The fourth-order valence-electron chi connectivity index (χ4n) is 2.76. The van der Waals surface area contributed by atoms with Crippen molar-refractivity contribution in [3.63, 3.8) is 0 Å². The first-order chi connectivity index (χ1) is 9.54. The van der Waals surface area contributed by atoms with Crippen LogP contribution in [0.3, 0.4) is 0 Å². The van der Waals surface area contributed by atoms with E-state index in [4.69, 9.17) is 0 Å². The quantitative estimate of drug-likeness (QED) is 0.741. The van der Waals surface area contributed by atoms with Crippen LogP contribution in [0.1, 0.15) is 53.4 Å². The predicted octanol–water partition coefficient (Wildman–Crippen LogP) is 2.10. The van der Waals surface area contributed by atoms with E-state index in [9.17, 15) is 4.79 Å². The van der Waals surface area contributed by atoms with Crippen LogP contribution in [-0.4, -0.2) is 60.5 Å². The van der Waals surface area contributed by atoms with Gasteiger partial charge in [0, 0.05) is 26.2 Å². The second-order valence-electron chi connectivity index (χ2n) is 6.30. The molecule has 0 unspecified atom stereocenters. The highest BCUT2D eigenvalue weighted by Crippen LogP contribution is 2.20. The summed E-state index contributed by atoms with van der Waals surface area (Å²) < 4.78 is 0. The van der Waals surface area contributed by atoms with E-state index in [1.54, 1.807) is 0 Å². The summed E-state index contributed by atoms with van der Waals surface area (Å²) in [6.45, 7) is 14.2. The van der Waals surface area contributed by atoms with Crippen molar-refractivity contribution in [2.45, 2.75) is 58.9 Å². The molecule has 1 amide bonds. The van der Waals surface area contributed by atoms with Crippen LogP contribution in [0, 0.1) is 0 Å². The van der Waals surface area contributed by atoms with Gasteiger partial charge in [0.25, 0.3) is 0 Å². The molecule has 0 atom stereocenters. The van der Waals surface area contributed by atoms with Crippen LogP contribution in [0.4, 0.5) is 0 Å². The number of carbonyl (C=O) groups is 1. The Bertz CT molecular complexity index is 277. The highest BCUT2D eigenvalue weighted by molar-refractivity contribution is 5.85. The summed E-state index contributed by atoms with van der Waals surface area (Å²) in [5.41, 5.74) is -0.373. The number of rotatable bonds is 8. The van der Waals surface area contributed by atoms with Crippen molar-refractivity contribution in [2.24, 2.45) is 0 Å². The molecule has 0 bridgehead atoms. The molecule has 4 nitrogen and oxygen atoms in total. The summed E-state index contributed by atoms with van der Waals surface area (Å²) >= 11 is 0. The van der Waals surface area contributed by atoms with Gasteiger partial charge in [0.1, 0.15) is 0 Å². The van der Waals surface area contributed by atoms with Crippen molar-refractivity contribution in [1.82, 2.24) is 15.1 Å². The molecule has 1 aliphatic heterocycles. The van der Waals surface area contributed by atoms with Crippen LogP contribution in [0.25, 0.3) is 0 Å². The molecule has 0 aromatic rings. The average molecular weight is 283 g/mol. The van der Waals surface area contributed by atoms with Gasteiger partial charge < -0.3 is 10.2 Å². The standard InChI is InChI=1S/C16H33N3O/c1-5-7-11-19(12-8-6-2)16(3,4)15(20)18-13-9-17-10-14-18/h17H,5-14H2,1-4H3. The first-order valence-corrected chi connectivity index (χ1v) is 8.29. The molecular formula is C16H33N3O. The Kier molecular flexibility index (Phi) is 7.52. The number of hydrogen-bond donors (Lipinski definition) is 1. The third-order valence-corrected chi connectivity index (χ3v) is 4.28. The van der Waals surface area contributed by atoms with E-state index >= 15 is 0 Å². The summed E-state index contributed by atoms with van der Waals surface area (Å²) in [6, 6.07) is 0. The van der Waals surface area contributed by atoms with Crippen LogP contribution < -0.4 is 5.32 Å². The fraction of sp³-hybridized carbons (Fsp3) is 0.938. The molecule has 1 fully saturated rings. The molecule has 1 heterocycles. The zero-order valence-electron chi connectivity index (χ0n) is 13.9. The maximum absolute atomic E-state index is 12.8. The Labute approximate surface area is 124 Å². The van der Waals surface area contributed by atoms with E-state index < -0.39 is 0 Å². The Morgan fingerprint density at radius 2 is 1.60 bits per heavy atom. The third kappa shape index (κ3) is 4.74. The van der Waals surface area contributed by atoms with Crippen molar-refractivity contribution >= 4 is 5.91 Å². The van der Waals surface area contributed by atoms with Gasteiger partial charge in [0.15, 0.2) is 0 Å². The fourth-order valence-corrected chi connectivity index (χ4v) is 2.76. The molecule has 0 aliphatic carbocycles. The van der Waals surface area contributed by atoms with Gasteiger partial charge in [-0.25, -0.2) is 0 Å². The van der Waals surface area contributed by atoms with Crippen molar-refractivity contribution in [3.8, 4) is 0 Å². The van der Waals surface area contributed by atoms with E-state index in [0.29, 0.717) is 5.91 Å². The molecule has 0 aromatic carbocycles. The first kappa shape index (κ1) is 17.4. The van der Waals surface area contributed by atoms with Crippen LogP contribution >= 0.6 is 0 Å². The molecule has 0 spiro atoms. The average Bonchev–Trinajstić information content (AvgIpc) is 2.47. The number of hydrogen-bond acceptors (Lipinski definition) is 3. The molecular weight excluding hydrogens is 250 g/mol. The van der Waals surface area contributed by atoms with Crippen LogP contribution in [0.5, 0.6) is 0 Å². The second-order valence-corrected chi connectivity index (χ2v) is 6.30. The van der Waals surface area contributed by atoms with E-state index in [1.807, 2.05) is 4.90 Å². The summed E-state index contributed by atoms with van der Waals surface area (Å²) in [6.07, 6.45) is 4.70. The largest absolute Gasteiger partial charge is 0.339 e. The Morgan fingerprint density at radius 1 is 1.10 bits per heavy atom. The summed E-state index contributed by atoms with van der Waals surface area (Å²) in [5.74, 6) is 0.297. The Balaban J connectivity index is 2.69. The summed E-state index contributed by atoms with van der Waals surface area (Å²) in [4.78, 5) is 17.3. The molecule has 1 saturated heterocycles. The van der Waals surface area contributed by atoms with Crippen LogP contribution in [0.15, 0.2) is 0 Å². The monoisotopic (exact) mass is 283 g/mol. The van der Waals surface area contributed by atoms with Gasteiger partial charge in [-0.1, -0.05) is 26.7 Å². The molecule has 0 radical (unpaired) electrons. The number of amides is 1. The van der Waals surface area contributed by atoms with E-state index in [0.717, 1.165) is 39.3 Å². The lowest BCUT2D eigenvalue weighted by molar-refractivity contribution is -0.143. The van der Waals surface area contributed by atoms with Crippen molar-refractivity contribution < 1.29 is 4.79 Å². The smallest absolute Gasteiger partial charge is 0.242 e. The van der Waals surface area contributed by atoms with Gasteiger partial charge in [-0.05, 0) is 39.8 Å². The molecule has 1 rings (SSSR count). The van der Waals surface area contributed by atoms with Crippen LogP contribution in [-0.2, 0) is 4.79 Å². The second kappa shape index (κ2) is 8.63. The summed E-state index contributed by atoms with van der Waals surface area (Å²) in [7, 11) is 0. The maximum Gasteiger partial charge on any atom is 0.242 e. The topological polar surface area (TPSA) is 35.6 Å². The van der Waals surface area contributed by atoms with Gasteiger partial charge in [-0.2, -0.15) is 0 Å². The molecule has 20 heavy (non-hydrogen) atoms. The van der Waals surface area contributed by atoms with E-state index in [2.05, 4.69) is 37.9 Å². The molecule has 118 valence electrons. The molecule has 1 aliphatic rings. The normalized spacial score (nSPS) is 16.8. The van der Waals surface area contributed by atoms with Gasteiger partial charge >= 0.3 is 0 Å². The van der Waals surface area contributed by atoms with Gasteiger partial charge in [0.05, 0.1) is 5.54 Å². The van der Waals surface area contributed by atoms with Crippen molar-refractivity contribution in [2.75, 3.05) is 39.3 Å². The molecule has 4 heteroatoms. The minimum atomic E-state index is -0.373. The summed E-state index contributed by atoms with van der Waals surface area (Å²) in [5, 5.41) is 3.31. The molecule has 1 N–H and O–H groups in total. The number of nitrogens with one attached hydrogen (secondary N) is 1. The molecule has 0 aromatic heterocycles. The Hall–Kier alpha value is -0.610. The number of piperazine rings is 1. The maximum atomic E-state index is 12.8. The number of nitrogens with zero attached hydrogens (tertiary/aromatic N) is 2. The predicted molar refractivity (Wildman–Crippen MR) is 84.9 cm³/mol. The first-order valence-electron chi connectivity index (χ1n) is 8.29. The van der Waals surface area contributed by atoms with Crippen LogP contribution in [0.2, 0.25) is 0 Å². The van der Waals surface area contributed by atoms with Crippen molar-refractivity contribution in [1.29, 1.82) is 0 Å².